The number of nitrogens with zero attached hydrogens (tertiary/aromatic N) is 3. The fraction of sp³-hybridized carbons (Fsp3) is 0.450. The first-order valence-electron chi connectivity index (χ1n) is 9.24. The number of aryl methyl sites for hydroxylation is 1. The van der Waals surface area contributed by atoms with Gasteiger partial charge in [-0.1, -0.05) is 31.0 Å². The summed E-state index contributed by atoms with van der Waals surface area (Å²) in [4.78, 5) is 34.1. The lowest BCUT2D eigenvalue weighted by Crippen LogP contribution is -2.37. The molecular formula is C20H23N3O2S. The number of anilines is 2. The average Bonchev–Trinajstić information content (AvgIpc) is 3.37. The molecule has 1 aromatic carbocycles. The van der Waals surface area contributed by atoms with Gasteiger partial charge in [0.15, 0.2) is 5.13 Å². The van der Waals surface area contributed by atoms with Crippen LogP contribution in [0.1, 0.15) is 37.8 Å². The number of likely N-dealkylation sites (tertiary alicyclic amines) is 1. The van der Waals surface area contributed by atoms with Crippen molar-refractivity contribution in [3.8, 4) is 0 Å². The fourth-order valence-corrected chi connectivity index (χ4v) is 4.83. The van der Waals surface area contributed by atoms with E-state index in [0.29, 0.717) is 24.1 Å². The van der Waals surface area contributed by atoms with E-state index in [9.17, 15) is 9.59 Å². The third-order valence-corrected chi connectivity index (χ3v) is 6.25. The number of benzene rings is 1. The molecule has 0 unspecified atom stereocenters. The van der Waals surface area contributed by atoms with Crippen LogP contribution in [0, 0.1) is 12.8 Å². The molecule has 2 amide bonds. The highest BCUT2D eigenvalue weighted by Crippen LogP contribution is 2.34. The van der Waals surface area contributed by atoms with Gasteiger partial charge in [0.05, 0.1) is 17.3 Å². The van der Waals surface area contributed by atoms with Crippen LogP contribution in [0.15, 0.2) is 35.7 Å². The van der Waals surface area contributed by atoms with Crippen molar-refractivity contribution in [2.45, 2.75) is 45.1 Å². The van der Waals surface area contributed by atoms with E-state index in [-0.39, 0.29) is 17.7 Å². The predicted molar refractivity (Wildman–Crippen MR) is 103 cm³/mol. The van der Waals surface area contributed by atoms with Crippen LogP contribution in [-0.2, 0) is 9.59 Å². The van der Waals surface area contributed by atoms with E-state index < -0.39 is 0 Å². The molecule has 0 bridgehead atoms. The summed E-state index contributed by atoms with van der Waals surface area (Å²) in [6.45, 7) is 2.46. The third-order valence-electron chi connectivity index (χ3n) is 5.31. The minimum atomic E-state index is -0.299. The molecule has 136 valence electrons. The van der Waals surface area contributed by atoms with Gasteiger partial charge in [-0.15, -0.1) is 11.3 Å². The SMILES string of the molecule is Cc1csc(N(C(=O)[C@@H]2CC(=O)N(C3CCCC3)C2)c2ccccc2)n1. The number of carbonyl (C=O) groups excluding carboxylic acids is 2. The van der Waals surface area contributed by atoms with Crippen molar-refractivity contribution in [2.75, 3.05) is 11.4 Å². The number of amides is 2. The summed E-state index contributed by atoms with van der Waals surface area (Å²) < 4.78 is 0. The number of hydrogen-bond donors (Lipinski definition) is 0. The second-order valence-electron chi connectivity index (χ2n) is 7.17. The van der Waals surface area contributed by atoms with Gasteiger partial charge in [-0.2, -0.15) is 0 Å². The second-order valence-corrected chi connectivity index (χ2v) is 8.00. The highest BCUT2D eigenvalue weighted by molar-refractivity contribution is 7.14. The number of rotatable bonds is 4. The lowest BCUT2D eigenvalue weighted by Gasteiger charge is -2.26. The molecule has 5 nitrogen and oxygen atoms in total. The first-order valence-corrected chi connectivity index (χ1v) is 10.1. The molecule has 2 aliphatic rings. The third kappa shape index (κ3) is 3.26. The Kier molecular flexibility index (Phi) is 4.76. The summed E-state index contributed by atoms with van der Waals surface area (Å²) in [6, 6.07) is 9.93. The molecule has 1 saturated carbocycles. The van der Waals surface area contributed by atoms with Gasteiger partial charge in [0, 0.05) is 24.4 Å². The maximum atomic E-state index is 13.4. The summed E-state index contributed by atoms with van der Waals surface area (Å²) >= 11 is 1.46. The van der Waals surface area contributed by atoms with Crippen LogP contribution in [0.5, 0.6) is 0 Å². The lowest BCUT2D eigenvalue weighted by atomic mass is 10.1. The smallest absolute Gasteiger partial charge is 0.238 e. The number of hydrogen-bond acceptors (Lipinski definition) is 4. The van der Waals surface area contributed by atoms with Crippen LogP contribution >= 0.6 is 11.3 Å². The molecule has 26 heavy (non-hydrogen) atoms. The zero-order chi connectivity index (χ0) is 18.1. The summed E-state index contributed by atoms with van der Waals surface area (Å²) in [6.07, 6.45) is 4.81. The highest BCUT2D eigenvalue weighted by atomic mass is 32.1. The molecule has 0 N–H and O–H groups in total. The highest BCUT2D eigenvalue weighted by Gasteiger charge is 2.41. The van der Waals surface area contributed by atoms with Gasteiger partial charge in [-0.3, -0.25) is 14.5 Å². The fourth-order valence-electron chi connectivity index (χ4n) is 4.00. The summed E-state index contributed by atoms with van der Waals surface area (Å²) in [7, 11) is 0. The summed E-state index contributed by atoms with van der Waals surface area (Å²) in [5.74, 6) is -0.203. The molecule has 1 atom stereocenters. The zero-order valence-corrected chi connectivity index (χ0v) is 15.7. The van der Waals surface area contributed by atoms with E-state index in [1.54, 1.807) is 4.90 Å². The van der Waals surface area contributed by atoms with Crippen molar-refractivity contribution >= 4 is 34.0 Å². The zero-order valence-electron chi connectivity index (χ0n) is 14.9. The first-order chi connectivity index (χ1) is 12.6. The van der Waals surface area contributed by atoms with E-state index in [2.05, 4.69) is 4.98 Å². The largest absolute Gasteiger partial charge is 0.339 e. The van der Waals surface area contributed by atoms with E-state index >= 15 is 0 Å². The molecule has 0 radical (unpaired) electrons. The Labute approximate surface area is 157 Å². The molecule has 1 saturated heterocycles. The Morgan fingerprint density at radius 3 is 2.62 bits per heavy atom. The van der Waals surface area contributed by atoms with Crippen molar-refractivity contribution in [3.05, 3.63) is 41.4 Å². The van der Waals surface area contributed by atoms with E-state index in [1.165, 1.54) is 24.2 Å². The van der Waals surface area contributed by atoms with E-state index in [4.69, 9.17) is 0 Å². The van der Waals surface area contributed by atoms with Gasteiger partial charge < -0.3 is 4.90 Å². The van der Waals surface area contributed by atoms with Crippen LogP contribution in [0.25, 0.3) is 0 Å². The molecule has 1 aromatic heterocycles. The minimum Gasteiger partial charge on any atom is -0.339 e. The van der Waals surface area contributed by atoms with Gasteiger partial charge in [0.2, 0.25) is 11.8 Å². The Morgan fingerprint density at radius 2 is 1.96 bits per heavy atom. The van der Waals surface area contributed by atoms with Crippen molar-refractivity contribution < 1.29 is 9.59 Å². The van der Waals surface area contributed by atoms with Gasteiger partial charge >= 0.3 is 0 Å². The van der Waals surface area contributed by atoms with Gasteiger partial charge in [0.1, 0.15) is 0 Å². The van der Waals surface area contributed by atoms with Crippen molar-refractivity contribution in [2.24, 2.45) is 5.92 Å². The maximum Gasteiger partial charge on any atom is 0.238 e. The molecule has 1 aliphatic heterocycles. The molecule has 6 heteroatoms. The Morgan fingerprint density at radius 1 is 1.23 bits per heavy atom. The summed E-state index contributed by atoms with van der Waals surface area (Å²) in [5, 5.41) is 2.62. The van der Waals surface area contributed by atoms with Crippen LogP contribution in [0.3, 0.4) is 0 Å². The van der Waals surface area contributed by atoms with Crippen molar-refractivity contribution in [1.29, 1.82) is 0 Å². The number of para-hydroxylation sites is 1. The molecule has 2 aromatic rings. The number of carbonyl (C=O) groups is 2. The molecule has 1 aliphatic carbocycles. The number of thiazole rings is 1. The summed E-state index contributed by atoms with van der Waals surface area (Å²) in [5.41, 5.74) is 1.70. The lowest BCUT2D eigenvalue weighted by molar-refractivity contribution is -0.130. The molecule has 0 spiro atoms. The van der Waals surface area contributed by atoms with Crippen LogP contribution < -0.4 is 4.90 Å². The number of aromatic nitrogens is 1. The van der Waals surface area contributed by atoms with Crippen LogP contribution in [-0.4, -0.2) is 34.3 Å². The molecule has 2 heterocycles. The van der Waals surface area contributed by atoms with E-state index in [0.717, 1.165) is 24.2 Å². The van der Waals surface area contributed by atoms with Gasteiger partial charge in [0.25, 0.3) is 0 Å². The second kappa shape index (κ2) is 7.19. The Balaban J connectivity index is 1.60. The monoisotopic (exact) mass is 369 g/mol. The minimum absolute atomic E-state index is 0.0283. The first kappa shape index (κ1) is 17.2. The van der Waals surface area contributed by atoms with E-state index in [1.807, 2.05) is 47.5 Å². The normalized spacial score (nSPS) is 20.7. The molecular weight excluding hydrogens is 346 g/mol. The van der Waals surface area contributed by atoms with Gasteiger partial charge in [-0.25, -0.2) is 4.98 Å². The molecule has 4 rings (SSSR count). The topological polar surface area (TPSA) is 53.5 Å². The van der Waals surface area contributed by atoms with Gasteiger partial charge in [-0.05, 0) is 31.9 Å². The molecule has 2 fully saturated rings. The van der Waals surface area contributed by atoms with Crippen LogP contribution in [0.2, 0.25) is 0 Å². The quantitative estimate of drug-likeness (QED) is 0.821. The van der Waals surface area contributed by atoms with Crippen LogP contribution in [0.4, 0.5) is 10.8 Å². The average molecular weight is 369 g/mol. The maximum absolute atomic E-state index is 13.4. The standard InChI is InChI=1S/C20H23N3O2S/c1-14-13-26-20(21-14)23(17-9-3-2-4-10-17)19(25)15-11-18(24)22(12-15)16-7-5-6-8-16/h2-4,9-10,13,15-16H,5-8,11-12H2,1H3/t15-/m1/s1. The Bertz CT molecular complexity index is 798. The predicted octanol–water partition coefficient (Wildman–Crippen LogP) is 3.91. The Hall–Kier alpha value is -2.21. The van der Waals surface area contributed by atoms with Crippen molar-refractivity contribution in [3.63, 3.8) is 0 Å². The van der Waals surface area contributed by atoms with Crippen molar-refractivity contribution in [1.82, 2.24) is 9.88 Å².